The molecule has 2 N–H and O–H groups in total. The predicted octanol–water partition coefficient (Wildman–Crippen LogP) is 2.75. The Balaban J connectivity index is 2.42. The number of sulfonamides is 1. The van der Waals surface area contributed by atoms with Crippen LogP contribution in [0, 0.1) is 17.5 Å². The standard InChI is InChI=1S/C11H7BrF3NO4S/c12-11-8(3-5(4-17)20-11)21(18,19)16-7-2-1-6(13)9(14)10(7)15/h1-3,16-17H,4H2. The number of halogens is 4. The molecule has 10 heteroatoms. The number of benzene rings is 1. The highest BCUT2D eigenvalue weighted by molar-refractivity contribution is 9.10. The lowest BCUT2D eigenvalue weighted by atomic mass is 10.3. The van der Waals surface area contributed by atoms with Gasteiger partial charge in [0.2, 0.25) is 0 Å². The number of hydrogen-bond donors (Lipinski definition) is 2. The van der Waals surface area contributed by atoms with Gasteiger partial charge in [-0.1, -0.05) is 0 Å². The Kier molecular flexibility index (Phi) is 4.30. The van der Waals surface area contributed by atoms with Gasteiger partial charge in [0.05, 0.1) is 5.69 Å². The zero-order valence-corrected chi connectivity index (χ0v) is 12.4. The number of aliphatic hydroxyl groups excluding tert-OH is 1. The zero-order valence-electron chi connectivity index (χ0n) is 10.0. The number of anilines is 1. The van der Waals surface area contributed by atoms with Gasteiger partial charge in [0.15, 0.2) is 22.1 Å². The minimum atomic E-state index is -4.32. The molecule has 0 saturated carbocycles. The Morgan fingerprint density at radius 3 is 2.48 bits per heavy atom. The van der Waals surface area contributed by atoms with Crippen molar-refractivity contribution in [2.75, 3.05) is 4.72 Å². The van der Waals surface area contributed by atoms with E-state index in [9.17, 15) is 21.6 Å². The predicted molar refractivity (Wildman–Crippen MR) is 69.5 cm³/mol. The summed E-state index contributed by atoms with van der Waals surface area (Å²) in [5, 5.41) is 8.86. The molecule has 0 spiro atoms. The Bertz CT molecular complexity index is 791. The van der Waals surface area contributed by atoms with Crippen LogP contribution >= 0.6 is 15.9 Å². The van der Waals surface area contributed by atoms with Crippen molar-refractivity contribution in [3.05, 3.63) is 46.1 Å². The summed E-state index contributed by atoms with van der Waals surface area (Å²) < 4.78 is 69.8. The molecular weight excluding hydrogens is 379 g/mol. The highest BCUT2D eigenvalue weighted by Crippen LogP contribution is 2.29. The molecule has 114 valence electrons. The molecule has 0 aliphatic carbocycles. The molecule has 5 nitrogen and oxygen atoms in total. The first kappa shape index (κ1) is 15.9. The van der Waals surface area contributed by atoms with E-state index < -0.39 is 44.7 Å². The number of furan rings is 1. The zero-order chi connectivity index (χ0) is 15.8. The summed E-state index contributed by atoms with van der Waals surface area (Å²) in [5.41, 5.74) is -0.757. The van der Waals surface area contributed by atoms with Crippen LogP contribution in [0.2, 0.25) is 0 Å². The van der Waals surface area contributed by atoms with Gasteiger partial charge < -0.3 is 9.52 Å². The SMILES string of the molecule is O=S(=O)(Nc1ccc(F)c(F)c1F)c1cc(CO)oc1Br. The van der Waals surface area contributed by atoms with Gasteiger partial charge in [-0.15, -0.1) is 0 Å². The van der Waals surface area contributed by atoms with Crippen LogP contribution in [-0.2, 0) is 16.6 Å². The average molecular weight is 386 g/mol. The van der Waals surface area contributed by atoms with Crippen molar-refractivity contribution >= 4 is 31.6 Å². The number of nitrogens with one attached hydrogen (secondary N) is 1. The average Bonchev–Trinajstić information content (AvgIpc) is 2.81. The first-order valence-electron chi connectivity index (χ1n) is 5.31. The van der Waals surface area contributed by atoms with Crippen LogP contribution in [0.15, 0.2) is 32.2 Å². The largest absolute Gasteiger partial charge is 0.450 e. The van der Waals surface area contributed by atoms with E-state index in [0.29, 0.717) is 6.07 Å². The molecule has 2 aromatic rings. The van der Waals surface area contributed by atoms with Gasteiger partial charge in [0.25, 0.3) is 10.0 Å². The molecular formula is C11H7BrF3NO4S. The summed E-state index contributed by atoms with van der Waals surface area (Å²) in [4.78, 5) is -0.421. The van der Waals surface area contributed by atoms with Gasteiger partial charge in [-0.2, -0.15) is 0 Å². The normalized spacial score (nSPS) is 11.7. The maximum Gasteiger partial charge on any atom is 0.266 e. The van der Waals surface area contributed by atoms with Crippen LogP contribution in [0.3, 0.4) is 0 Å². The molecule has 1 heterocycles. The van der Waals surface area contributed by atoms with Crippen LogP contribution < -0.4 is 4.72 Å². The molecule has 0 fully saturated rings. The Morgan fingerprint density at radius 1 is 1.24 bits per heavy atom. The van der Waals surface area contributed by atoms with Gasteiger partial charge in [-0.05, 0) is 28.1 Å². The molecule has 21 heavy (non-hydrogen) atoms. The molecule has 2 rings (SSSR count). The third-order valence-electron chi connectivity index (χ3n) is 2.43. The van der Waals surface area contributed by atoms with Crippen LogP contribution in [0.25, 0.3) is 0 Å². The summed E-state index contributed by atoms with van der Waals surface area (Å²) in [6, 6.07) is 2.33. The second-order valence-electron chi connectivity index (χ2n) is 3.84. The van der Waals surface area contributed by atoms with E-state index >= 15 is 0 Å². The Labute approximate surface area is 125 Å². The summed E-state index contributed by atoms with van der Waals surface area (Å²) >= 11 is 2.83. The molecule has 0 saturated heterocycles. The molecule has 0 unspecified atom stereocenters. The van der Waals surface area contributed by atoms with Crippen molar-refractivity contribution in [1.29, 1.82) is 0 Å². The van der Waals surface area contributed by atoms with Gasteiger partial charge >= 0.3 is 0 Å². The smallest absolute Gasteiger partial charge is 0.266 e. The highest BCUT2D eigenvalue weighted by Gasteiger charge is 2.25. The highest BCUT2D eigenvalue weighted by atomic mass is 79.9. The van der Waals surface area contributed by atoms with Crippen molar-refractivity contribution in [1.82, 2.24) is 0 Å². The van der Waals surface area contributed by atoms with E-state index in [4.69, 9.17) is 9.52 Å². The summed E-state index contributed by atoms with van der Waals surface area (Å²) in [5.74, 6) is -4.95. The molecule has 0 atom stereocenters. The lowest BCUT2D eigenvalue weighted by molar-refractivity contribution is 0.245. The van der Waals surface area contributed by atoms with Gasteiger partial charge in [-0.25, -0.2) is 21.6 Å². The van der Waals surface area contributed by atoms with Crippen molar-refractivity contribution < 1.29 is 31.1 Å². The molecule has 0 amide bonds. The number of hydrogen-bond acceptors (Lipinski definition) is 4. The Hall–Kier alpha value is -1.52. The molecule has 0 aliphatic rings. The fourth-order valence-corrected chi connectivity index (χ4v) is 3.52. The van der Waals surface area contributed by atoms with Crippen molar-refractivity contribution in [3.63, 3.8) is 0 Å². The van der Waals surface area contributed by atoms with Gasteiger partial charge in [0.1, 0.15) is 17.3 Å². The lowest BCUT2D eigenvalue weighted by Gasteiger charge is -2.08. The van der Waals surface area contributed by atoms with Crippen LogP contribution in [-0.4, -0.2) is 13.5 Å². The first-order chi connectivity index (χ1) is 9.76. The fraction of sp³-hybridized carbons (Fsp3) is 0.0909. The van der Waals surface area contributed by atoms with Crippen LogP contribution in [0.4, 0.5) is 18.9 Å². The maximum atomic E-state index is 13.5. The maximum absolute atomic E-state index is 13.5. The summed E-state index contributed by atoms with van der Waals surface area (Å²) in [7, 11) is -4.32. The monoisotopic (exact) mass is 385 g/mol. The summed E-state index contributed by atoms with van der Waals surface area (Å²) in [6.07, 6.45) is 0. The molecule has 0 bridgehead atoms. The number of aliphatic hydroxyl groups is 1. The van der Waals surface area contributed by atoms with Crippen LogP contribution in [0.1, 0.15) is 5.76 Å². The minimum Gasteiger partial charge on any atom is -0.450 e. The Morgan fingerprint density at radius 2 is 1.90 bits per heavy atom. The van der Waals surface area contributed by atoms with E-state index in [-0.39, 0.29) is 10.4 Å². The van der Waals surface area contributed by atoms with E-state index in [1.54, 1.807) is 4.72 Å². The second kappa shape index (κ2) is 5.70. The van der Waals surface area contributed by atoms with Crippen molar-refractivity contribution in [3.8, 4) is 0 Å². The molecule has 1 aromatic heterocycles. The molecule has 1 aromatic carbocycles. The third-order valence-corrected chi connectivity index (χ3v) is 4.65. The molecule has 0 aliphatic heterocycles. The molecule has 0 radical (unpaired) electrons. The summed E-state index contributed by atoms with van der Waals surface area (Å²) in [6.45, 7) is -0.548. The van der Waals surface area contributed by atoms with Crippen molar-refractivity contribution in [2.24, 2.45) is 0 Å². The van der Waals surface area contributed by atoms with Gasteiger partial charge in [-0.3, -0.25) is 4.72 Å². The van der Waals surface area contributed by atoms with Gasteiger partial charge in [0, 0.05) is 6.07 Å². The second-order valence-corrected chi connectivity index (χ2v) is 6.21. The fourth-order valence-electron chi connectivity index (χ4n) is 1.46. The van der Waals surface area contributed by atoms with E-state index in [1.165, 1.54) is 0 Å². The van der Waals surface area contributed by atoms with E-state index in [2.05, 4.69) is 15.9 Å². The van der Waals surface area contributed by atoms with Crippen molar-refractivity contribution in [2.45, 2.75) is 11.5 Å². The van der Waals surface area contributed by atoms with E-state index in [1.807, 2.05) is 0 Å². The first-order valence-corrected chi connectivity index (χ1v) is 7.59. The third kappa shape index (κ3) is 3.06. The number of rotatable bonds is 4. The quantitative estimate of drug-likeness (QED) is 0.793. The van der Waals surface area contributed by atoms with E-state index in [0.717, 1.165) is 12.1 Å². The lowest BCUT2D eigenvalue weighted by Crippen LogP contribution is -2.14. The minimum absolute atomic E-state index is 0.0481. The van der Waals surface area contributed by atoms with Crippen LogP contribution in [0.5, 0.6) is 0 Å². The topological polar surface area (TPSA) is 79.5 Å².